The molecule has 0 aromatic heterocycles. The molecule has 1 atom stereocenters. The molecule has 0 amide bonds. The van der Waals surface area contributed by atoms with Crippen LogP contribution in [0.2, 0.25) is 0 Å². The molecular formula is C8H12F2O3. The topological polar surface area (TPSA) is 35.5 Å². The van der Waals surface area contributed by atoms with E-state index in [1.165, 1.54) is 6.92 Å². The summed E-state index contributed by atoms with van der Waals surface area (Å²) >= 11 is 0. The number of carbonyl (C=O) groups excluding carboxylic acids is 1. The van der Waals surface area contributed by atoms with Crippen molar-refractivity contribution in [3.63, 3.8) is 0 Å². The van der Waals surface area contributed by atoms with Crippen LogP contribution in [0.3, 0.4) is 0 Å². The highest BCUT2D eigenvalue weighted by Gasteiger charge is 2.58. The number of halogens is 2. The van der Waals surface area contributed by atoms with Crippen LogP contribution < -0.4 is 0 Å². The Bertz CT molecular complexity index is 217. The summed E-state index contributed by atoms with van der Waals surface area (Å²) in [5, 5.41) is 0. The molecule has 1 rings (SSSR count). The highest BCUT2D eigenvalue weighted by Crippen LogP contribution is 2.43. The van der Waals surface area contributed by atoms with E-state index in [-0.39, 0.29) is 13.0 Å². The van der Waals surface area contributed by atoms with Gasteiger partial charge in [-0.3, -0.25) is 4.79 Å². The second-order valence-electron chi connectivity index (χ2n) is 3.33. The number of hydrogen-bond donors (Lipinski definition) is 0. The minimum Gasteiger partial charge on any atom is -0.468 e. The molecule has 0 spiro atoms. The lowest BCUT2D eigenvalue weighted by atomic mass is 9.79. The Balaban J connectivity index is 2.90. The molecule has 13 heavy (non-hydrogen) atoms. The summed E-state index contributed by atoms with van der Waals surface area (Å²) in [6.07, 6.45) is -0.00727. The van der Waals surface area contributed by atoms with E-state index in [9.17, 15) is 13.6 Å². The average molecular weight is 194 g/mol. The molecule has 1 saturated heterocycles. The fourth-order valence-electron chi connectivity index (χ4n) is 1.30. The Kier molecular flexibility index (Phi) is 2.56. The largest absolute Gasteiger partial charge is 0.468 e. The van der Waals surface area contributed by atoms with E-state index < -0.39 is 23.9 Å². The molecule has 0 saturated carbocycles. The Hall–Kier alpha value is -0.710. The highest BCUT2D eigenvalue weighted by atomic mass is 19.3. The second-order valence-corrected chi connectivity index (χ2v) is 3.33. The van der Waals surface area contributed by atoms with E-state index in [1.807, 2.05) is 0 Å². The maximum absolute atomic E-state index is 13.3. The normalized spacial score (nSPS) is 32.6. The van der Waals surface area contributed by atoms with Crippen molar-refractivity contribution in [1.82, 2.24) is 0 Å². The molecule has 1 aliphatic rings. The zero-order chi connectivity index (χ0) is 10.1. The minimum absolute atomic E-state index is 0.00727. The fourth-order valence-corrected chi connectivity index (χ4v) is 1.30. The SMILES string of the molecule is COC(=O)C1(C)CCOCC1(F)F. The van der Waals surface area contributed by atoms with Crippen LogP contribution in [0.5, 0.6) is 0 Å². The van der Waals surface area contributed by atoms with Gasteiger partial charge in [0.05, 0.1) is 7.11 Å². The number of esters is 1. The molecule has 76 valence electrons. The second kappa shape index (κ2) is 3.21. The fraction of sp³-hybridized carbons (Fsp3) is 0.875. The van der Waals surface area contributed by atoms with Crippen LogP contribution in [-0.2, 0) is 14.3 Å². The highest BCUT2D eigenvalue weighted by molar-refractivity contribution is 5.77. The molecule has 1 fully saturated rings. The molecule has 0 aliphatic carbocycles. The molecule has 1 unspecified atom stereocenters. The zero-order valence-corrected chi connectivity index (χ0v) is 7.60. The molecule has 5 heteroatoms. The van der Waals surface area contributed by atoms with Crippen LogP contribution in [0.15, 0.2) is 0 Å². The Morgan fingerprint density at radius 3 is 2.62 bits per heavy atom. The third kappa shape index (κ3) is 1.52. The molecule has 0 radical (unpaired) electrons. The minimum atomic E-state index is -3.14. The van der Waals surface area contributed by atoms with Gasteiger partial charge in [-0.1, -0.05) is 0 Å². The molecule has 1 aliphatic heterocycles. The van der Waals surface area contributed by atoms with Crippen molar-refractivity contribution in [2.45, 2.75) is 19.3 Å². The van der Waals surface area contributed by atoms with E-state index in [0.717, 1.165) is 7.11 Å². The number of hydrogen-bond acceptors (Lipinski definition) is 3. The molecule has 0 aromatic carbocycles. The van der Waals surface area contributed by atoms with E-state index in [2.05, 4.69) is 9.47 Å². The van der Waals surface area contributed by atoms with Crippen molar-refractivity contribution in [3.05, 3.63) is 0 Å². The first-order valence-electron chi connectivity index (χ1n) is 3.98. The van der Waals surface area contributed by atoms with E-state index in [1.54, 1.807) is 0 Å². The van der Waals surface area contributed by atoms with Gasteiger partial charge in [-0.25, -0.2) is 8.78 Å². The molecule has 0 aromatic rings. The van der Waals surface area contributed by atoms with Crippen LogP contribution >= 0.6 is 0 Å². The van der Waals surface area contributed by atoms with Gasteiger partial charge >= 0.3 is 5.97 Å². The summed E-state index contributed by atoms with van der Waals surface area (Å²) in [6.45, 7) is 0.668. The monoisotopic (exact) mass is 194 g/mol. The van der Waals surface area contributed by atoms with Crippen LogP contribution in [0.4, 0.5) is 8.78 Å². The summed E-state index contributed by atoms with van der Waals surface area (Å²) in [4.78, 5) is 11.1. The van der Waals surface area contributed by atoms with Crippen LogP contribution in [0.1, 0.15) is 13.3 Å². The van der Waals surface area contributed by atoms with Gasteiger partial charge in [0.15, 0.2) is 0 Å². The summed E-state index contributed by atoms with van der Waals surface area (Å²) in [7, 11) is 1.11. The van der Waals surface area contributed by atoms with Crippen molar-refractivity contribution in [2.75, 3.05) is 20.3 Å². The maximum atomic E-state index is 13.3. The first-order valence-corrected chi connectivity index (χ1v) is 3.98. The number of ether oxygens (including phenoxy) is 2. The lowest BCUT2D eigenvalue weighted by Gasteiger charge is -2.38. The van der Waals surface area contributed by atoms with Crippen LogP contribution in [0, 0.1) is 5.41 Å². The average Bonchev–Trinajstić information content (AvgIpc) is 2.08. The van der Waals surface area contributed by atoms with Crippen molar-refractivity contribution in [2.24, 2.45) is 5.41 Å². The number of rotatable bonds is 1. The first-order chi connectivity index (χ1) is 5.94. The van der Waals surface area contributed by atoms with Gasteiger partial charge in [-0.2, -0.15) is 0 Å². The summed E-state index contributed by atoms with van der Waals surface area (Å²) in [6, 6.07) is 0. The van der Waals surface area contributed by atoms with Gasteiger partial charge in [-0.15, -0.1) is 0 Å². The maximum Gasteiger partial charge on any atom is 0.317 e. The summed E-state index contributed by atoms with van der Waals surface area (Å²) in [5.74, 6) is -4.01. The van der Waals surface area contributed by atoms with Crippen molar-refractivity contribution >= 4 is 5.97 Å². The molecule has 3 nitrogen and oxygen atoms in total. The summed E-state index contributed by atoms with van der Waals surface area (Å²) < 4.78 is 35.5. The standard InChI is InChI=1S/C8H12F2O3/c1-7(6(11)12-2)3-4-13-5-8(7,9)10/h3-5H2,1-2H3. The smallest absolute Gasteiger partial charge is 0.317 e. The van der Waals surface area contributed by atoms with Gasteiger partial charge in [0.2, 0.25) is 0 Å². The quantitative estimate of drug-likeness (QED) is 0.589. The first kappa shape index (κ1) is 10.4. The number of alkyl halides is 2. The third-order valence-electron chi connectivity index (χ3n) is 2.47. The lowest BCUT2D eigenvalue weighted by molar-refractivity contribution is -0.215. The van der Waals surface area contributed by atoms with Gasteiger partial charge in [0.25, 0.3) is 5.92 Å². The predicted octanol–water partition coefficient (Wildman–Crippen LogP) is 1.22. The Morgan fingerprint density at radius 1 is 1.54 bits per heavy atom. The Labute approximate surface area is 75.0 Å². The molecule has 1 heterocycles. The van der Waals surface area contributed by atoms with Crippen molar-refractivity contribution in [3.8, 4) is 0 Å². The van der Waals surface area contributed by atoms with Gasteiger partial charge < -0.3 is 9.47 Å². The van der Waals surface area contributed by atoms with Crippen LogP contribution in [-0.4, -0.2) is 32.2 Å². The molecular weight excluding hydrogens is 182 g/mol. The Morgan fingerprint density at radius 2 is 2.15 bits per heavy atom. The van der Waals surface area contributed by atoms with Gasteiger partial charge in [0, 0.05) is 6.61 Å². The lowest BCUT2D eigenvalue weighted by Crippen LogP contribution is -2.52. The molecule has 0 N–H and O–H groups in total. The summed E-state index contributed by atoms with van der Waals surface area (Å²) in [5.41, 5.74) is -1.74. The molecule has 0 bridgehead atoms. The zero-order valence-electron chi connectivity index (χ0n) is 7.60. The van der Waals surface area contributed by atoms with E-state index in [4.69, 9.17) is 0 Å². The van der Waals surface area contributed by atoms with E-state index >= 15 is 0 Å². The van der Waals surface area contributed by atoms with Crippen molar-refractivity contribution < 1.29 is 23.0 Å². The van der Waals surface area contributed by atoms with Crippen molar-refractivity contribution in [1.29, 1.82) is 0 Å². The third-order valence-corrected chi connectivity index (χ3v) is 2.47. The number of carbonyl (C=O) groups is 1. The number of methoxy groups -OCH3 is 1. The van der Waals surface area contributed by atoms with Gasteiger partial charge in [0.1, 0.15) is 12.0 Å². The predicted molar refractivity (Wildman–Crippen MR) is 40.5 cm³/mol. The van der Waals surface area contributed by atoms with E-state index in [0.29, 0.717) is 0 Å². The van der Waals surface area contributed by atoms with Gasteiger partial charge in [-0.05, 0) is 13.3 Å². The van der Waals surface area contributed by atoms with Crippen LogP contribution in [0.25, 0.3) is 0 Å².